The van der Waals surface area contributed by atoms with E-state index in [4.69, 9.17) is 4.74 Å². The first-order chi connectivity index (χ1) is 13.7. The normalized spacial score (nSPS) is 25.3. The maximum Gasteiger partial charge on any atom is 0.158 e. The Labute approximate surface area is 162 Å². The number of morpholine rings is 1. The summed E-state index contributed by atoms with van der Waals surface area (Å²) in [5.41, 5.74) is 1.06. The van der Waals surface area contributed by atoms with Gasteiger partial charge in [0.05, 0.1) is 12.7 Å². The van der Waals surface area contributed by atoms with Gasteiger partial charge in [0, 0.05) is 49.6 Å². The number of aromatic nitrogens is 3. The summed E-state index contributed by atoms with van der Waals surface area (Å²) in [4.78, 5) is 11.5. The highest BCUT2D eigenvalue weighted by Gasteiger charge is 2.38. The van der Waals surface area contributed by atoms with Crippen molar-refractivity contribution in [2.24, 2.45) is 0 Å². The third-order valence-electron chi connectivity index (χ3n) is 5.88. The molecule has 0 unspecified atom stereocenters. The fourth-order valence-electron chi connectivity index (χ4n) is 4.48. The highest BCUT2D eigenvalue weighted by Crippen LogP contribution is 2.33. The fraction of sp³-hybridized carbons (Fsp3) is 0.429. The van der Waals surface area contributed by atoms with Crippen LogP contribution in [0, 0.1) is 5.82 Å². The molecule has 2 aliphatic heterocycles. The van der Waals surface area contributed by atoms with Crippen LogP contribution in [-0.4, -0.2) is 63.0 Å². The molecule has 6 nitrogen and oxygen atoms in total. The van der Waals surface area contributed by atoms with E-state index in [-0.39, 0.29) is 24.6 Å². The Bertz CT molecular complexity index is 991. The largest absolute Gasteiger partial charge is 0.396 e. The Morgan fingerprint density at radius 3 is 3.00 bits per heavy atom. The van der Waals surface area contributed by atoms with Gasteiger partial charge in [-0.3, -0.25) is 4.90 Å². The van der Waals surface area contributed by atoms with Crippen LogP contribution in [0.5, 0.6) is 0 Å². The first-order valence-corrected chi connectivity index (χ1v) is 9.78. The number of para-hydroxylation sites is 1. The maximum atomic E-state index is 14.2. The number of aliphatic hydroxyl groups excluding tert-OH is 1. The smallest absolute Gasteiger partial charge is 0.158 e. The Hall–Kier alpha value is -2.35. The van der Waals surface area contributed by atoms with E-state index in [1.54, 1.807) is 12.3 Å². The molecule has 0 aliphatic carbocycles. The zero-order valence-corrected chi connectivity index (χ0v) is 15.5. The van der Waals surface area contributed by atoms with Crippen LogP contribution in [0.2, 0.25) is 0 Å². The fourth-order valence-corrected chi connectivity index (χ4v) is 4.48. The van der Waals surface area contributed by atoms with E-state index in [0.717, 1.165) is 30.7 Å². The molecule has 4 heterocycles. The Morgan fingerprint density at radius 1 is 1.18 bits per heavy atom. The molecule has 3 atom stereocenters. The Kier molecular flexibility index (Phi) is 4.58. The zero-order valence-electron chi connectivity index (χ0n) is 15.5. The Morgan fingerprint density at radius 2 is 2.11 bits per heavy atom. The first-order valence-electron chi connectivity index (χ1n) is 9.78. The third-order valence-corrected chi connectivity index (χ3v) is 5.88. The standard InChI is InChI=1S/C21H23FN4O2/c22-18-3-1-2-14-4-5-19(24-20(14)18)21-23-7-8-26(21)15-10-16-13-28-17(6-9-27)12-25(16)11-15/h1-5,7-8,15-17,27H,6,9-13H2/t15-,16-,17-/m0/s1. The van der Waals surface area contributed by atoms with Crippen LogP contribution in [0.15, 0.2) is 42.7 Å². The molecule has 2 aliphatic rings. The van der Waals surface area contributed by atoms with Crippen molar-refractivity contribution in [2.45, 2.75) is 31.0 Å². The van der Waals surface area contributed by atoms with Crippen molar-refractivity contribution in [3.8, 4) is 11.5 Å². The minimum Gasteiger partial charge on any atom is -0.396 e. The first kappa shape index (κ1) is 17.7. The lowest BCUT2D eigenvalue weighted by Gasteiger charge is -2.34. The number of hydrogen-bond acceptors (Lipinski definition) is 5. The third kappa shape index (κ3) is 3.09. The molecule has 2 aromatic heterocycles. The van der Waals surface area contributed by atoms with Crippen LogP contribution < -0.4 is 0 Å². The molecule has 1 aromatic carbocycles. The summed E-state index contributed by atoms with van der Waals surface area (Å²) >= 11 is 0. The van der Waals surface area contributed by atoms with Gasteiger partial charge in [-0.2, -0.15) is 0 Å². The predicted molar refractivity (Wildman–Crippen MR) is 103 cm³/mol. The zero-order chi connectivity index (χ0) is 19.1. The number of fused-ring (bicyclic) bond motifs is 2. The van der Waals surface area contributed by atoms with Gasteiger partial charge in [0.1, 0.15) is 17.0 Å². The average Bonchev–Trinajstić information content (AvgIpc) is 3.35. The SMILES string of the molecule is OCC[C@H]1CN2C[C@@H](n3ccnc3-c3ccc4cccc(F)c4n3)C[C@H]2CO1. The second-order valence-corrected chi connectivity index (χ2v) is 7.63. The lowest BCUT2D eigenvalue weighted by atomic mass is 10.1. The van der Waals surface area contributed by atoms with Gasteiger partial charge in [-0.25, -0.2) is 14.4 Å². The van der Waals surface area contributed by atoms with Crippen molar-refractivity contribution < 1.29 is 14.2 Å². The van der Waals surface area contributed by atoms with E-state index in [1.807, 2.05) is 24.4 Å². The van der Waals surface area contributed by atoms with Crippen LogP contribution in [0.4, 0.5) is 4.39 Å². The maximum absolute atomic E-state index is 14.2. The second kappa shape index (κ2) is 7.24. The monoisotopic (exact) mass is 382 g/mol. The summed E-state index contributed by atoms with van der Waals surface area (Å²) in [5, 5.41) is 9.96. The summed E-state index contributed by atoms with van der Waals surface area (Å²) in [7, 11) is 0. The lowest BCUT2D eigenvalue weighted by Crippen LogP contribution is -2.46. The van der Waals surface area contributed by atoms with Crippen LogP contribution in [0.3, 0.4) is 0 Å². The van der Waals surface area contributed by atoms with Crippen molar-refractivity contribution in [1.82, 2.24) is 19.4 Å². The number of hydrogen-bond donors (Lipinski definition) is 1. The molecule has 146 valence electrons. The van der Waals surface area contributed by atoms with Crippen LogP contribution >= 0.6 is 0 Å². The predicted octanol–water partition coefficient (Wildman–Crippen LogP) is 2.63. The molecular weight excluding hydrogens is 359 g/mol. The lowest BCUT2D eigenvalue weighted by molar-refractivity contribution is -0.0567. The summed E-state index contributed by atoms with van der Waals surface area (Å²) in [6.07, 6.45) is 5.53. The highest BCUT2D eigenvalue weighted by atomic mass is 19.1. The van der Waals surface area contributed by atoms with E-state index in [2.05, 4.69) is 19.4 Å². The topological polar surface area (TPSA) is 63.4 Å². The van der Waals surface area contributed by atoms with Gasteiger partial charge in [0.2, 0.25) is 0 Å². The number of benzene rings is 1. The number of rotatable bonds is 4. The van der Waals surface area contributed by atoms with E-state index < -0.39 is 0 Å². The van der Waals surface area contributed by atoms with Crippen LogP contribution in [-0.2, 0) is 4.74 Å². The number of halogens is 1. The molecule has 0 saturated carbocycles. The van der Waals surface area contributed by atoms with Gasteiger partial charge in [-0.15, -0.1) is 0 Å². The molecule has 28 heavy (non-hydrogen) atoms. The van der Waals surface area contributed by atoms with E-state index >= 15 is 0 Å². The van der Waals surface area contributed by atoms with E-state index in [1.165, 1.54) is 6.07 Å². The van der Waals surface area contributed by atoms with Crippen molar-refractivity contribution in [3.63, 3.8) is 0 Å². The van der Waals surface area contributed by atoms with Gasteiger partial charge in [0.15, 0.2) is 5.82 Å². The van der Waals surface area contributed by atoms with Gasteiger partial charge in [-0.05, 0) is 25.0 Å². The summed E-state index contributed by atoms with van der Waals surface area (Å²) in [6.45, 7) is 2.62. The number of nitrogens with zero attached hydrogens (tertiary/aromatic N) is 4. The molecule has 2 fully saturated rings. The molecule has 7 heteroatoms. The summed E-state index contributed by atoms with van der Waals surface area (Å²) < 4.78 is 22.2. The molecular formula is C21H23FN4O2. The molecule has 0 radical (unpaired) electrons. The molecule has 5 rings (SSSR count). The molecule has 0 spiro atoms. The second-order valence-electron chi connectivity index (χ2n) is 7.63. The highest BCUT2D eigenvalue weighted by molar-refractivity contribution is 5.81. The molecule has 3 aromatic rings. The van der Waals surface area contributed by atoms with Gasteiger partial charge >= 0.3 is 0 Å². The number of ether oxygens (including phenoxy) is 1. The number of imidazole rings is 1. The van der Waals surface area contributed by atoms with Gasteiger partial charge in [-0.1, -0.05) is 18.2 Å². The van der Waals surface area contributed by atoms with E-state index in [0.29, 0.717) is 30.3 Å². The van der Waals surface area contributed by atoms with Gasteiger partial charge in [0.25, 0.3) is 0 Å². The van der Waals surface area contributed by atoms with Crippen LogP contribution in [0.25, 0.3) is 22.4 Å². The van der Waals surface area contributed by atoms with E-state index in [9.17, 15) is 9.50 Å². The van der Waals surface area contributed by atoms with Gasteiger partial charge < -0.3 is 14.4 Å². The Balaban J connectivity index is 1.42. The summed E-state index contributed by atoms with van der Waals surface area (Å²) in [6, 6.07) is 9.45. The van der Waals surface area contributed by atoms with Crippen molar-refractivity contribution in [3.05, 3.63) is 48.5 Å². The molecule has 0 amide bonds. The number of pyridine rings is 1. The minimum absolute atomic E-state index is 0.104. The molecule has 0 bridgehead atoms. The molecule has 2 saturated heterocycles. The van der Waals surface area contributed by atoms with Crippen LogP contribution in [0.1, 0.15) is 18.9 Å². The summed E-state index contributed by atoms with van der Waals surface area (Å²) in [5.74, 6) is 0.449. The quantitative estimate of drug-likeness (QED) is 0.752. The molecule has 1 N–H and O–H groups in total. The minimum atomic E-state index is -0.317. The average molecular weight is 382 g/mol. The van der Waals surface area contributed by atoms with Crippen molar-refractivity contribution >= 4 is 10.9 Å². The van der Waals surface area contributed by atoms with Crippen molar-refractivity contribution in [2.75, 3.05) is 26.3 Å². The van der Waals surface area contributed by atoms with Crippen molar-refractivity contribution in [1.29, 1.82) is 0 Å². The number of aliphatic hydroxyl groups is 1.